The summed E-state index contributed by atoms with van der Waals surface area (Å²) in [5.41, 5.74) is 1.62. The van der Waals surface area contributed by atoms with Crippen molar-refractivity contribution in [1.29, 1.82) is 0 Å². The Morgan fingerprint density at radius 2 is 2.00 bits per heavy atom. The first-order valence-electron chi connectivity index (χ1n) is 7.97. The molecule has 23 heavy (non-hydrogen) atoms. The third-order valence-corrected chi connectivity index (χ3v) is 4.40. The van der Waals surface area contributed by atoms with E-state index < -0.39 is 0 Å². The van der Waals surface area contributed by atoms with E-state index in [2.05, 4.69) is 17.0 Å². The number of nitrogens with zero attached hydrogens (tertiary/aromatic N) is 2. The molecule has 0 aliphatic rings. The Hall–Kier alpha value is -1.03. The van der Waals surface area contributed by atoms with Gasteiger partial charge in [0.1, 0.15) is 0 Å². The summed E-state index contributed by atoms with van der Waals surface area (Å²) in [6.45, 7) is 3.04. The van der Waals surface area contributed by atoms with E-state index in [4.69, 9.17) is 23.2 Å². The summed E-state index contributed by atoms with van der Waals surface area (Å²) >= 11 is 12.0. The Balaban J connectivity index is 2.84. The standard InChI is InChI=1S/C18H26Cl2N2O/c1-4-5-6-7-15(13-22(2)3)18(21-23)11-9-14-8-10-16(19)17(20)12-14/h8-12,15,23H,4-7,13H2,1-3H3/b11-9-,21-18+/t15-/m0/s1. The average Bonchev–Trinajstić information content (AvgIpc) is 2.50. The lowest BCUT2D eigenvalue weighted by Crippen LogP contribution is -2.27. The second-order valence-corrected chi connectivity index (χ2v) is 6.80. The predicted molar refractivity (Wildman–Crippen MR) is 101 cm³/mol. The topological polar surface area (TPSA) is 35.8 Å². The predicted octanol–water partition coefficient (Wildman–Crippen LogP) is 5.59. The van der Waals surface area contributed by atoms with Gasteiger partial charge in [-0.05, 0) is 44.3 Å². The molecule has 1 aromatic rings. The van der Waals surface area contributed by atoms with Gasteiger partial charge >= 0.3 is 0 Å². The molecule has 128 valence electrons. The second kappa shape index (κ2) is 10.7. The maximum atomic E-state index is 9.41. The molecular formula is C18H26Cl2N2O. The number of unbranched alkanes of at least 4 members (excludes halogenated alkanes) is 2. The van der Waals surface area contributed by atoms with Crippen LogP contribution in [-0.4, -0.2) is 36.5 Å². The largest absolute Gasteiger partial charge is 0.411 e. The summed E-state index contributed by atoms with van der Waals surface area (Å²) in [7, 11) is 4.06. The highest BCUT2D eigenvalue weighted by atomic mass is 35.5. The van der Waals surface area contributed by atoms with Crippen molar-refractivity contribution < 1.29 is 5.21 Å². The number of benzene rings is 1. The Bertz CT molecular complexity index is 542. The minimum Gasteiger partial charge on any atom is -0.411 e. The third kappa shape index (κ3) is 7.38. The fourth-order valence-corrected chi connectivity index (χ4v) is 2.77. The molecule has 0 aliphatic heterocycles. The van der Waals surface area contributed by atoms with Crippen LogP contribution >= 0.6 is 23.2 Å². The molecular weight excluding hydrogens is 331 g/mol. The minimum absolute atomic E-state index is 0.209. The van der Waals surface area contributed by atoms with Crippen molar-refractivity contribution in [2.75, 3.05) is 20.6 Å². The molecule has 0 saturated carbocycles. The molecule has 1 aromatic carbocycles. The Labute approximate surface area is 149 Å². The van der Waals surface area contributed by atoms with E-state index in [1.807, 2.05) is 32.3 Å². The summed E-state index contributed by atoms with van der Waals surface area (Å²) in [6, 6.07) is 5.45. The van der Waals surface area contributed by atoms with Gasteiger partial charge in [0, 0.05) is 12.5 Å². The maximum absolute atomic E-state index is 9.41. The molecule has 0 spiro atoms. The average molecular weight is 357 g/mol. The second-order valence-electron chi connectivity index (χ2n) is 5.99. The van der Waals surface area contributed by atoms with Crippen molar-refractivity contribution in [3.8, 4) is 0 Å². The lowest BCUT2D eigenvalue weighted by molar-refractivity contribution is 0.305. The molecule has 3 nitrogen and oxygen atoms in total. The van der Waals surface area contributed by atoms with Gasteiger partial charge in [-0.15, -0.1) is 0 Å². The van der Waals surface area contributed by atoms with Crippen molar-refractivity contribution >= 4 is 35.0 Å². The maximum Gasteiger partial charge on any atom is 0.0839 e. The van der Waals surface area contributed by atoms with Gasteiger partial charge in [0.15, 0.2) is 0 Å². The summed E-state index contributed by atoms with van der Waals surface area (Å²) in [5.74, 6) is 0.209. The zero-order valence-corrected chi connectivity index (χ0v) is 15.6. The van der Waals surface area contributed by atoms with Crippen LogP contribution in [0.2, 0.25) is 10.0 Å². The minimum atomic E-state index is 0.209. The highest BCUT2D eigenvalue weighted by molar-refractivity contribution is 6.42. The van der Waals surface area contributed by atoms with Crippen LogP contribution in [0.15, 0.2) is 29.4 Å². The highest BCUT2D eigenvalue weighted by Gasteiger charge is 2.15. The van der Waals surface area contributed by atoms with Gasteiger partial charge in [-0.1, -0.05) is 66.7 Å². The number of rotatable bonds is 9. The van der Waals surface area contributed by atoms with Crippen LogP contribution in [0, 0.1) is 5.92 Å². The molecule has 0 saturated heterocycles. The van der Waals surface area contributed by atoms with E-state index >= 15 is 0 Å². The number of allylic oxidation sites excluding steroid dienone is 1. The van der Waals surface area contributed by atoms with E-state index in [0.717, 1.165) is 24.9 Å². The van der Waals surface area contributed by atoms with E-state index in [1.54, 1.807) is 12.1 Å². The van der Waals surface area contributed by atoms with Crippen molar-refractivity contribution in [1.82, 2.24) is 4.90 Å². The molecule has 1 atom stereocenters. The van der Waals surface area contributed by atoms with Crippen LogP contribution in [-0.2, 0) is 0 Å². The normalized spacial score (nSPS) is 13.9. The molecule has 0 aromatic heterocycles. The van der Waals surface area contributed by atoms with Gasteiger partial charge in [0.05, 0.1) is 15.8 Å². The van der Waals surface area contributed by atoms with Crippen LogP contribution in [0.1, 0.15) is 38.2 Å². The van der Waals surface area contributed by atoms with Crippen molar-refractivity contribution in [3.63, 3.8) is 0 Å². The first-order chi connectivity index (χ1) is 11.0. The molecule has 0 bridgehead atoms. The van der Waals surface area contributed by atoms with Crippen molar-refractivity contribution in [2.24, 2.45) is 11.1 Å². The summed E-state index contributed by atoms with van der Waals surface area (Å²) < 4.78 is 0. The van der Waals surface area contributed by atoms with Gasteiger partial charge in [-0.2, -0.15) is 0 Å². The summed E-state index contributed by atoms with van der Waals surface area (Å²) in [6.07, 6.45) is 8.28. The van der Waals surface area contributed by atoms with Gasteiger partial charge in [-0.3, -0.25) is 0 Å². The molecule has 0 unspecified atom stereocenters. The fourth-order valence-electron chi connectivity index (χ4n) is 2.46. The van der Waals surface area contributed by atoms with Crippen molar-refractivity contribution in [2.45, 2.75) is 32.6 Å². The van der Waals surface area contributed by atoms with Crippen LogP contribution in [0.3, 0.4) is 0 Å². The van der Waals surface area contributed by atoms with Gasteiger partial charge in [0.25, 0.3) is 0 Å². The molecule has 0 amide bonds. The van der Waals surface area contributed by atoms with Gasteiger partial charge in [0.2, 0.25) is 0 Å². The van der Waals surface area contributed by atoms with E-state index in [0.29, 0.717) is 15.8 Å². The quantitative estimate of drug-likeness (QED) is 0.270. The first kappa shape index (κ1) is 20.0. The number of hydrogen-bond acceptors (Lipinski definition) is 3. The molecule has 0 heterocycles. The Kier molecular flexibility index (Phi) is 9.30. The number of hydrogen-bond donors (Lipinski definition) is 1. The van der Waals surface area contributed by atoms with Crippen LogP contribution < -0.4 is 0 Å². The van der Waals surface area contributed by atoms with Crippen molar-refractivity contribution in [3.05, 3.63) is 39.9 Å². The molecule has 5 heteroatoms. The van der Waals surface area contributed by atoms with E-state index in [1.165, 1.54) is 12.8 Å². The Morgan fingerprint density at radius 1 is 1.26 bits per heavy atom. The van der Waals surface area contributed by atoms with Gasteiger partial charge in [-0.25, -0.2) is 0 Å². The lowest BCUT2D eigenvalue weighted by Gasteiger charge is -2.20. The lowest BCUT2D eigenvalue weighted by atomic mass is 9.94. The molecule has 1 rings (SSSR count). The highest BCUT2D eigenvalue weighted by Crippen LogP contribution is 2.23. The summed E-state index contributed by atoms with van der Waals surface area (Å²) in [4.78, 5) is 2.12. The van der Waals surface area contributed by atoms with Crippen LogP contribution in [0.5, 0.6) is 0 Å². The third-order valence-electron chi connectivity index (χ3n) is 3.67. The molecule has 0 aliphatic carbocycles. The smallest absolute Gasteiger partial charge is 0.0839 e. The first-order valence-corrected chi connectivity index (χ1v) is 8.73. The number of oxime groups is 1. The molecule has 0 fully saturated rings. The van der Waals surface area contributed by atoms with Crippen LogP contribution in [0.25, 0.3) is 6.08 Å². The van der Waals surface area contributed by atoms with Crippen LogP contribution in [0.4, 0.5) is 0 Å². The molecule has 0 radical (unpaired) electrons. The molecule has 1 N–H and O–H groups in total. The van der Waals surface area contributed by atoms with E-state index in [9.17, 15) is 5.21 Å². The zero-order valence-electron chi connectivity index (χ0n) is 14.1. The number of halogens is 2. The monoisotopic (exact) mass is 356 g/mol. The SMILES string of the molecule is CCCCC[C@@H](CN(C)C)C(/C=C\c1ccc(Cl)c(Cl)c1)=N/O. The van der Waals surface area contributed by atoms with E-state index in [-0.39, 0.29) is 5.92 Å². The summed E-state index contributed by atoms with van der Waals surface area (Å²) in [5, 5.41) is 14.0. The van der Waals surface area contributed by atoms with Gasteiger partial charge < -0.3 is 10.1 Å². The fraction of sp³-hybridized carbons (Fsp3) is 0.500. The zero-order chi connectivity index (χ0) is 17.2. The Morgan fingerprint density at radius 3 is 2.57 bits per heavy atom.